The van der Waals surface area contributed by atoms with E-state index in [0.717, 1.165) is 18.4 Å². The molecule has 1 aliphatic heterocycles. The Morgan fingerprint density at radius 2 is 1.61 bits per heavy atom. The average Bonchev–Trinajstić information content (AvgIpc) is 2.84. The second kappa shape index (κ2) is 11.7. The molecule has 2 aromatic rings. The molecular weight excluding hydrogens is 464 g/mol. The van der Waals surface area contributed by atoms with Crippen molar-refractivity contribution in [1.29, 1.82) is 0 Å². The number of carbonyl (C=O) groups excluding carboxylic acids is 4. The molecular formula is C27H32N2O7. The van der Waals surface area contributed by atoms with Crippen molar-refractivity contribution in [3.8, 4) is 5.75 Å². The van der Waals surface area contributed by atoms with Crippen LogP contribution < -0.4 is 10.1 Å². The fourth-order valence-corrected chi connectivity index (χ4v) is 4.21. The van der Waals surface area contributed by atoms with Crippen molar-refractivity contribution >= 4 is 24.1 Å². The van der Waals surface area contributed by atoms with E-state index < -0.39 is 23.7 Å². The van der Waals surface area contributed by atoms with Gasteiger partial charge in [-0.05, 0) is 69.9 Å². The minimum Gasteiger partial charge on any atom is -0.468 e. The van der Waals surface area contributed by atoms with Crippen molar-refractivity contribution in [2.24, 2.45) is 0 Å². The number of piperidine rings is 1. The second-order valence-electron chi connectivity index (χ2n) is 9.51. The molecule has 0 spiro atoms. The SMILES string of the molecule is COC(=O)[C@H](c1ccccc1)C1CCCCN1C(=O)c1ccc(OC(=O)NC(=O)OC(C)(C)C)cc1. The molecule has 0 aliphatic carbocycles. The van der Waals surface area contributed by atoms with Crippen LogP contribution in [0.1, 0.15) is 61.9 Å². The summed E-state index contributed by atoms with van der Waals surface area (Å²) in [6.45, 7) is 5.54. The standard InChI is InChI=1S/C27H32N2O7/c1-27(2,3)36-26(33)28-25(32)35-20-15-13-19(14-16-20)23(30)29-17-9-8-12-21(29)22(24(31)34-4)18-10-6-5-7-11-18/h5-7,10-11,13-16,21-22H,8-9,12,17H2,1-4H3,(H,28,32,33)/t21?,22-/m1/s1. The van der Waals surface area contributed by atoms with Gasteiger partial charge in [-0.25, -0.2) is 14.9 Å². The first-order valence-electron chi connectivity index (χ1n) is 11.8. The number of ether oxygens (including phenoxy) is 3. The number of methoxy groups -OCH3 is 1. The van der Waals surface area contributed by atoms with Crippen LogP contribution in [-0.4, -0.2) is 54.3 Å². The number of esters is 1. The maximum absolute atomic E-state index is 13.5. The van der Waals surface area contributed by atoms with E-state index in [9.17, 15) is 19.2 Å². The molecule has 2 atom stereocenters. The molecule has 9 heteroatoms. The van der Waals surface area contributed by atoms with Crippen LogP contribution in [0.4, 0.5) is 9.59 Å². The third-order valence-electron chi connectivity index (χ3n) is 5.72. The quantitative estimate of drug-likeness (QED) is 0.599. The number of rotatable bonds is 5. The van der Waals surface area contributed by atoms with Gasteiger partial charge >= 0.3 is 18.2 Å². The topological polar surface area (TPSA) is 111 Å². The van der Waals surface area contributed by atoms with Crippen molar-refractivity contribution in [2.45, 2.75) is 57.6 Å². The number of amides is 3. The Balaban J connectivity index is 1.72. The normalized spacial score (nSPS) is 16.4. The van der Waals surface area contributed by atoms with Crippen LogP contribution in [0.25, 0.3) is 0 Å². The van der Waals surface area contributed by atoms with Gasteiger partial charge in [0.05, 0.1) is 7.11 Å². The minimum absolute atomic E-state index is 0.152. The van der Waals surface area contributed by atoms with Gasteiger partial charge < -0.3 is 19.1 Å². The minimum atomic E-state index is -0.997. The van der Waals surface area contributed by atoms with Gasteiger partial charge in [0.1, 0.15) is 17.3 Å². The van der Waals surface area contributed by atoms with Crippen molar-refractivity contribution < 1.29 is 33.4 Å². The molecule has 192 valence electrons. The molecule has 0 saturated carbocycles. The second-order valence-corrected chi connectivity index (χ2v) is 9.51. The van der Waals surface area contributed by atoms with E-state index in [-0.39, 0.29) is 23.7 Å². The maximum atomic E-state index is 13.5. The predicted octanol–water partition coefficient (Wildman–Crippen LogP) is 4.66. The van der Waals surface area contributed by atoms with Crippen molar-refractivity contribution in [1.82, 2.24) is 10.2 Å². The van der Waals surface area contributed by atoms with Crippen LogP contribution in [-0.2, 0) is 14.3 Å². The molecule has 1 N–H and O–H groups in total. The van der Waals surface area contributed by atoms with Crippen LogP contribution in [0, 0.1) is 0 Å². The zero-order valence-electron chi connectivity index (χ0n) is 21.0. The Morgan fingerprint density at radius 1 is 0.944 bits per heavy atom. The predicted molar refractivity (Wildman–Crippen MR) is 132 cm³/mol. The number of nitrogens with one attached hydrogen (secondary N) is 1. The van der Waals surface area contributed by atoms with Crippen molar-refractivity contribution in [3.63, 3.8) is 0 Å². The number of carbonyl (C=O) groups is 4. The molecule has 1 aliphatic rings. The van der Waals surface area contributed by atoms with E-state index in [0.29, 0.717) is 18.5 Å². The molecule has 0 bridgehead atoms. The van der Waals surface area contributed by atoms with E-state index in [1.165, 1.54) is 19.2 Å². The Kier molecular flexibility index (Phi) is 8.68. The number of likely N-dealkylation sites (tertiary alicyclic amines) is 1. The monoisotopic (exact) mass is 496 g/mol. The van der Waals surface area contributed by atoms with Crippen LogP contribution in [0.15, 0.2) is 54.6 Å². The molecule has 0 radical (unpaired) electrons. The van der Waals surface area contributed by atoms with Crippen molar-refractivity contribution in [3.05, 3.63) is 65.7 Å². The first-order chi connectivity index (χ1) is 17.1. The highest BCUT2D eigenvalue weighted by atomic mass is 16.6. The summed E-state index contributed by atoms with van der Waals surface area (Å²) >= 11 is 0. The number of alkyl carbamates (subject to hydrolysis) is 1. The highest BCUT2D eigenvalue weighted by Crippen LogP contribution is 2.33. The molecule has 1 heterocycles. The Bertz CT molecular complexity index is 1080. The van der Waals surface area contributed by atoms with Gasteiger partial charge in [-0.3, -0.25) is 9.59 Å². The number of imide groups is 1. The molecule has 36 heavy (non-hydrogen) atoms. The lowest BCUT2D eigenvalue weighted by molar-refractivity contribution is -0.144. The van der Waals surface area contributed by atoms with Gasteiger partial charge in [-0.1, -0.05) is 30.3 Å². The van der Waals surface area contributed by atoms with Gasteiger partial charge in [0, 0.05) is 18.2 Å². The summed E-state index contributed by atoms with van der Waals surface area (Å²) in [7, 11) is 1.35. The first-order valence-corrected chi connectivity index (χ1v) is 11.8. The smallest absolute Gasteiger partial charge is 0.422 e. The summed E-state index contributed by atoms with van der Waals surface area (Å²) in [4.78, 5) is 51.6. The summed E-state index contributed by atoms with van der Waals surface area (Å²) in [5, 5.41) is 1.98. The number of hydrogen-bond donors (Lipinski definition) is 1. The molecule has 3 rings (SSSR count). The van der Waals surface area contributed by atoms with Crippen LogP contribution in [0.3, 0.4) is 0 Å². The van der Waals surface area contributed by atoms with Crippen LogP contribution in [0.5, 0.6) is 5.75 Å². The Morgan fingerprint density at radius 3 is 2.22 bits per heavy atom. The first kappa shape index (κ1) is 26.7. The van der Waals surface area contributed by atoms with E-state index in [4.69, 9.17) is 14.2 Å². The highest BCUT2D eigenvalue weighted by molar-refractivity contribution is 5.95. The van der Waals surface area contributed by atoms with Gasteiger partial charge in [0.2, 0.25) is 0 Å². The van der Waals surface area contributed by atoms with E-state index in [1.807, 2.05) is 35.6 Å². The highest BCUT2D eigenvalue weighted by Gasteiger charge is 2.38. The fraction of sp³-hybridized carbons (Fsp3) is 0.407. The molecule has 1 fully saturated rings. The lowest BCUT2D eigenvalue weighted by Gasteiger charge is -2.39. The van der Waals surface area contributed by atoms with Crippen LogP contribution in [0.2, 0.25) is 0 Å². The Labute approximate surface area is 210 Å². The zero-order valence-corrected chi connectivity index (χ0v) is 21.0. The van der Waals surface area contributed by atoms with Gasteiger partial charge in [-0.15, -0.1) is 0 Å². The van der Waals surface area contributed by atoms with E-state index >= 15 is 0 Å². The molecule has 3 amide bonds. The lowest BCUT2D eigenvalue weighted by Crippen LogP contribution is -2.48. The fourth-order valence-electron chi connectivity index (χ4n) is 4.21. The van der Waals surface area contributed by atoms with Crippen molar-refractivity contribution in [2.75, 3.05) is 13.7 Å². The molecule has 1 unspecified atom stereocenters. The summed E-state index contributed by atoms with van der Waals surface area (Å²) in [5.41, 5.74) is 0.429. The lowest BCUT2D eigenvalue weighted by atomic mass is 9.84. The van der Waals surface area contributed by atoms with Gasteiger partial charge in [0.25, 0.3) is 5.91 Å². The number of hydrogen-bond acceptors (Lipinski definition) is 7. The van der Waals surface area contributed by atoms with Crippen LogP contribution >= 0.6 is 0 Å². The number of benzene rings is 2. The molecule has 9 nitrogen and oxygen atoms in total. The third kappa shape index (κ3) is 7.07. The summed E-state index contributed by atoms with van der Waals surface area (Å²) < 4.78 is 15.2. The summed E-state index contributed by atoms with van der Waals surface area (Å²) in [6.07, 6.45) is 0.481. The molecule has 2 aromatic carbocycles. The molecule has 0 aromatic heterocycles. The molecule has 1 saturated heterocycles. The number of nitrogens with zero attached hydrogens (tertiary/aromatic N) is 1. The van der Waals surface area contributed by atoms with Gasteiger partial charge in [0.15, 0.2) is 0 Å². The maximum Gasteiger partial charge on any atom is 0.422 e. The van der Waals surface area contributed by atoms with E-state index in [2.05, 4.69) is 0 Å². The summed E-state index contributed by atoms with van der Waals surface area (Å²) in [6, 6.07) is 15.0. The average molecular weight is 497 g/mol. The third-order valence-corrected chi connectivity index (χ3v) is 5.72. The zero-order chi connectivity index (χ0) is 26.3. The summed E-state index contributed by atoms with van der Waals surface area (Å²) in [5.74, 6) is -1.06. The Hall–Kier alpha value is -3.88. The largest absolute Gasteiger partial charge is 0.468 e. The van der Waals surface area contributed by atoms with Gasteiger partial charge in [-0.2, -0.15) is 0 Å². The van der Waals surface area contributed by atoms with E-state index in [1.54, 1.807) is 37.8 Å².